The van der Waals surface area contributed by atoms with Crippen molar-refractivity contribution in [2.75, 3.05) is 19.5 Å². The fourth-order valence-electron chi connectivity index (χ4n) is 3.66. The molecule has 0 spiro atoms. The number of methoxy groups -OCH3 is 2. The van der Waals surface area contributed by atoms with Gasteiger partial charge in [-0.2, -0.15) is 0 Å². The molecule has 1 fully saturated rings. The predicted octanol–water partition coefficient (Wildman–Crippen LogP) is 4.38. The van der Waals surface area contributed by atoms with Crippen LogP contribution in [-0.2, 0) is 0 Å². The zero-order chi connectivity index (χ0) is 20.2. The van der Waals surface area contributed by atoms with Gasteiger partial charge in [0, 0.05) is 17.8 Å². The van der Waals surface area contributed by atoms with Crippen LogP contribution in [0, 0.1) is 0 Å². The van der Waals surface area contributed by atoms with Crippen molar-refractivity contribution in [3.63, 3.8) is 0 Å². The van der Waals surface area contributed by atoms with Gasteiger partial charge in [0.05, 0.1) is 25.3 Å². The second-order valence-corrected chi connectivity index (χ2v) is 7.11. The molecule has 0 bridgehead atoms. The molecular formula is C22H24N4O3. The smallest absolute Gasteiger partial charge is 0.320 e. The summed E-state index contributed by atoms with van der Waals surface area (Å²) in [6.45, 7) is 0. The molecule has 2 N–H and O–H groups in total. The van der Waals surface area contributed by atoms with E-state index in [9.17, 15) is 4.79 Å². The number of carbonyl (C=O) groups is 1. The van der Waals surface area contributed by atoms with Gasteiger partial charge in [0.15, 0.2) is 11.5 Å². The molecule has 2 heterocycles. The van der Waals surface area contributed by atoms with Crippen molar-refractivity contribution in [3.05, 3.63) is 42.6 Å². The van der Waals surface area contributed by atoms with E-state index in [1.54, 1.807) is 26.5 Å². The van der Waals surface area contributed by atoms with Gasteiger partial charge in [-0.25, -0.2) is 9.78 Å². The molecule has 1 aliphatic rings. The lowest BCUT2D eigenvalue weighted by Crippen LogP contribution is -2.36. The molecule has 2 aromatic heterocycles. The molecule has 0 aliphatic heterocycles. The number of hydrogen-bond acceptors (Lipinski definition) is 5. The fraction of sp³-hybridized carbons (Fsp3) is 0.318. The van der Waals surface area contributed by atoms with Gasteiger partial charge in [0.1, 0.15) is 5.82 Å². The summed E-state index contributed by atoms with van der Waals surface area (Å²) in [6, 6.07) is 11.3. The maximum absolute atomic E-state index is 12.2. The van der Waals surface area contributed by atoms with Crippen LogP contribution in [0.4, 0.5) is 10.6 Å². The first-order chi connectivity index (χ1) is 14.2. The lowest BCUT2D eigenvalue weighted by molar-refractivity contribution is 0.248. The number of benzene rings is 1. The Morgan fingerprint density at radius 1 is 0.966 bits per heavy atom. The van der Waals surface area contributed by atoms with Gasteiger partial charge in [-0.1, -0.05) is 18.9 Å². The Hall–Kier alpha value is -3.35. The third kappa shape index (κ3) is 4.23. The number of rotatable bonds is 5. The molecule has 0 atom stereocenters. The van der Waals surface area contributed by atoms with Crippen LogP contribution in [0.3, 0.4) is 0 Å². The van der Waals surface area contributed by atoms with E-state index in [0.29, 0.717) is 22.8 Å². The Labute approximate surface area is 169 Å². The summed E-state index contributed by atoms with van der Waals surface area (Å²) in [5.74, 6) is 1.82. The van der Waals surface area contributed by atoms with Crippen molar-refractivity contribution >= 4 is 22.9 Å². The van der Waals surface area contributed by atoms with E-state index in [1.807, 2.05) is 30.3 Å². The molecule has 1 saturated carbocycles. The van der Waals surface area contributed by atoms with Gasteiger partial charge in [0.2, 0.25) is 0 Å². The zero-order valence-corrected chi connectivity index (χ0v) is 16.6. The molecule has 0 saturated heterocycles. The van der Waals surface area contributed by atoms with E-state index in [-0.39, 0.29) is 12.1 Å². The van der Waals surface area contributed by atoms with Crippen LogP contribution in [0.5, 0.6) is 11.5 Å². The summed E-state index contributed by atoms with van der Waals surface area (Å²) < 4.78 is 10.7. The van der Waals surface area contributed by atoms with Crippen molar-refractivity contribution < 1.29 is 14.3 Å². The second-order valence-electron chi connectivity index (χ2n) is 7.11. The molecule has 0 unspecified atom stereocenters. The quantitative estimate of drug-likeness (QED) is 0.673. The summed E-state index contributed by atoms with van der Waals surface area (Å²) >= 11 is 0. The Bertz CT molecular complexity index is 1030. The number of fused-ring (bicyclic) bond motifs is 1. The largest absolute Gasteiger partial charge is 0.493 e. The molecule has 29 heavy (non-hydrogen) atoms. The molecular weight excluding hydrogens is 368 g/mol. The minimum Gasteiger partial charge on any atom is -0.493 e. The Balaban J connectivity index is 1.57. The van der Waals surface area contributed by atoms with Gasteiger partial charge in [0.25, 0.3) is 0 Å². The minimum atomic E-state index is -0.215. The van der Waals surface area contributed by atoms with E-state index in [4.69, 9.17) is 9.47 Å². The summed E-state index contributed by atoms with van der Waals surface area (Å²) in [5, 5.41) is 5.83. The number of hydrogen-bond donors (Lipinski definition) is 2. The zero-order valence-electron chi connectivity index (χ0n) is 16.6. The highest BCUT2D eigenvalue weighted by Crippen LogP contribution is 2.32. The molecule has 0 radical (unpaired) electrons. The Kier molecular flexibility index (Phi) is 5.46. The maximum Gasteiger partial charge on any atom is 0.320 e. The van der Waals surface area contributed by atoms with E-state index < -0.39 is 0 Å². The van der Waals surface area contributed by atoms with Crippen LogP contribution in [0.2, 0.25) is 0 Å². The number of carbonyl (C=O) groups excluding carboxylic acids is 1. The number of pyridine rings is 2. The van der Waals surface area contributed by atoms with Crippen molar-refractivity contribution in [3.8, 4) is 22.6 Å². The summed E-state index contributed by atoms with van der Waals surface area (Å²) in [4.78, 5) is 21.3. The van der Waals surface area contributed by atoms with Crippen molar-refractivity contribution in [2.24, 2.45) is 0 Å². The molecule has 3 aromatic rings. The van der Waals surface area contributed by atoms with E-state index in [1.165, 1.54) is 12.8 Å². The van der Waals surface area contributed by atoms with Crippen LogP contribution < -0.4 is 20.1 Å². The first kappa shape index (κ1) is 19.0. The summed E-state index contributed by atoms with van der Waals surface area (Å²) in [7, 11) is 3.22. The number of aromatic nitrogens is 2. The third-order valence-electron chi connectivity index (χ3n) is 5.19. The third-order valence-corrected chi connectivity index (χ3v) is 5.19. The van der Waals surface area contributed by atoms with E-state index in [2.05, 4.69) is 20.6 Å². The average Bonchev–Trinajstić information content (AvgIpc) is 3.25. The first-order valence-corrected chi connectivity index (χ1v) is 9.73. The van der Waals surface area contributed by atoms with Gasteiger partial charge >= 0.3 is 6.03 Å². The number of anilines is 1. The highest BCUT2D eigenvalue weighted by atomic mass is 16.5. The Morgan fingerprint density at radius 2 is 1.76 bits per heavy atom. The predicted molar refractivity (Wildman–Crippen MR) is 112 cm³/mol. The number of urea groups is 1. The van der Waals surface area contributed by atoms with Crippen LogP contribution in [-0.4, -0.2) is 36.3 Å². The monoisotopic (exact) mass is 392 g/mol. The van der Waals surface area contributed by atoms with Gasteiger partial charge in [-0.05, 0) is 48.7 Å². The highest BCUT2D eigenvalue weighted by molar-refractivity contribution is 5.90. The number of nitrogens with one attached hydrogen (secondary N) is 2. The molecule has 7 nitrogen and oxygen atoms in total. The molecule has 1 aromatic carbocycles. The lowest BCUT2D eigenvalue weighted by atomic mass is 10.1. The first-order valence-electron chi connectivity index (χ1n) is 9.73. The fourth-order valence-corrected chi connectivity index (χ4v) is 3.66. The van der Waals surface area contributed by atoms with Crippen LogP contribution in [0.25, 0.3) is 22.2 Å². The number of amides is 2. The molecule has 1 aliphatic carbocycles. The van der Waals surface area contributed by atoms with Crippen molar-refractivity contribution in [1.82, 2.24) is 15.3 Å². The topological polar surface area (TPSA) is 85.4 Å². The standard InChI is InChI=1S/C22H24N4O3/c1-28-19-9-7-14(12-20(19)29-2)15-11-18-17(23-13-15)8-10-21(25-18)26-22(27)24-16-5-3-4-6-16/h7-13,16H,3-6H2,1-2H3,(H2,24,25,26,27). The summed E-state index contributed by atoms with van der Waals surface area (Å²) in [5.41, 5.74) is 3.31. The second kappa shape index (κ2) is 8.34. The highest BCUT2D eigenvalue weighted by Gasteiger charge is 2.17. The molecule has 2 amide bonds. The van der Waals surface area contributed by atoms with Gasteiger partial charge in [-0.3, -0.25) is 10.3 Å². The average molecular weight is 392 g/mol. The number of nitrogens with zero attached hydrogens (tertiary/aromatic N) is 2. The van der Waals surface area contributed by atoms with E-state index >= 15 is 0 Å². The normalized spacial score (nSPS) is 14.0. The lowest BCUT2D eigenvalue weighted by Gasteiger charge is -2.13. The van der Waals surface area contributed by atoms with Gasteiger partial charge < -0.3 is 14.8 Å². The van der Waals surface area contributed by atoms with Crippen LogP contribution >= 0.6 is 0 Å². The SMILES string of the molecule is COc1ccc(-c2cnc3ccc(NC(=O)NC4CCCC4)nc3c2)cc1OC. The van der Waals surface area contributed by atoms with E-state index in [0.717, 1.165) is 29.5 Å². The van der Waals surface area contributed by atoms with Crippen molar-refractivity contribution in [1.29, 1.82) is 0 Å². The van der Waals surface area contributed by atoms with Crippen LogP contribution in [0.15, 0.2) is 42.6 Å². The molecule has 4 rings (SSSR count). The minimum absolute atomic E-state index is 0.215. The maximum atomic E-state index is 12.2. The molecule has 150 valence electrons. The Morgan fingerprint density at radius 3 is 2.52 bits per heavy atom. The van der Waals surface area contributed by atoms with Gasteiger partial charge in [-0.15, -0.1) is 0 Å². The van der Waals surface area contributed by atoms with Crippen LogP contribution in [0.1, 0.15) is 25.7 Å². The van der Waals surface area contributed by atoms with Crippen molar-refractivity contribution in [2.45, 2.75) is 31.7 Å². The molecule has 7 heteroatoms. The number of ether oxygens (including phenoxy) is 2. The summed E-state index contributed by atoms with van der Waals surface area (Å²) in [6.07, 6.45) is 6.22.